The van der Waals surface area contributed by atoms with Crippen molar-refractivity contribution in [2.45, 2.75) is 11.3 Å². The van der Waals surface area contributed by atoms with Crippen LogP contribution in [0.1, 0.15) is 11.1 Å². The highest BCUT2D eigenvalue weighted by atomic mass is 32.2. The Morgan fingerprint density at radius 1 is 1.07 bits per heavy atom. The van der Waals surface area contributed by atoms with Gasteiger partial charge in [0.15, 0.2) is 6.61 Å². The largest absolute Gasteiger partial charge is 0.452 e. The third-order valence-electron chi connectivity index (χ3n) is 3.62. The summed E-state index contributed by atoms with van der Waals surface area (Å²) in [5.74, 6) is -1.54. The first-order valence-corrected chi connectivity index (χ1v) is 9.77. The van der Waals surface area contributed by atoms with Crippen LogP contribution in [0.25, 0.3) is 6.08 Å². The van der Waals surface area contributed by atoms with E-state index in [9.17, 15) is 22.4 Å². The van der Waals surface area contributed by atoms with E-state index in [1.807, 2.05) is 0 Å². The van der Waals surface area contributed by atoms with Gasteiger partial charge in [0.25, 0.3) is 5.91 Å². The van der Waals surface area contributed by atoms with Crippen LogP contribution in [0.15, 0.2) is 59.5 Å². The van der Waals surface area contributed by atoms with Crippen LogP contribution in [0.2, 0.25) is 0 Å². The molecule has 0 aliphatic heterocycles. The van der Waals surface area contributed by atoms with Gasteiger partial charge in [-0.15, -0.1) is 0 Å². The number of ether oxygens (including phenoxy) is 1. The highest BCUT2D eigenvalue weighted by Gasteiger charge is 2.07. The second kappa shape index (κ2) is 9.77. The Balaban J connectivity index is 1.69. The second-order valence-electron chi connectivity index (χ2n) is 5.78. The number of amides is 1. The van der Waals surface area contributed by atoms with Crippen molar-refractivity contribution in [2.75, 3.05) is 13.2 Å². The van der Waals surface area contributed by atoms with E-state index < -0.39 is 28.5 Å². The van der Waals surface area contributed by atoms with E-state index in [1.54, 1.807) is 12.1 Å². The number of hydrogen-bond donors (Lipinski definition) is 2. The third kappa shape index (κ3) is 7.29. The summed E-state index contributed by atoms with van der Waals surface area (Å²) in [5.41, 5.74) is 1.43. The highest BCUT2D eigenvalue weighted by molar-refractivity contribution is 7.89. The molecule has 9 heteroatoms. The molecule has 0 bridgehead atoms. The number of primary sulfonamides is 1. The summed E-state index contributed by atoms with van der Waals surface area (Å²) in [6.07, 6.45) is 3.06. The van der Waals surface area contributed by atoms with E-state index in [0.717, 1.165) is 11.6 Å². The lowest BCUT2D eigenvalue weighted by atomic mass is 10.1. The minimum atomic E-state index is -3.73. The van der Waals surface area contributed by atoms with Crippen molar-refractivity contribution in [1.29, 1.82) is 0 Å². The molecule has 2 aromatic carbocycles. The van der Waals surface area contributed by atoms with E-state index in [0.29, 0.717) is 12.0 Å². The average Bonchev–Trinajstić information content (AvgIpc) is 2.65. The number of carbonyl (C=O) groups is 2. The Bertz CT molecular complexity index is 955. The van der Waals surface area contributed by atoms with Gasteiger partial charge < -0.3 is 10.1 Å². The van der Waals surface area contributed by atoms with Crippen LogP contribution in [0.5, 0.6) is 0 Å². The van der Waals surface area contributed by atoms with Gasteiger partial charge in [0.2, 0.25) is 10.0 Å². The number of nitrogens with one attached hydrogen (secondary N) is 1. The molecule has 7 nitrogen and oxygen atoms in total. The molecule has 0 saturated carbocycles. The summed E-state index contributed by atoms with van der Waals surface area (Å²) in [5, 5.41) is 7.61. The SMILES string of the molecule is NS(=O)(=O)c1ccc(CCNC(=O)COC(=O)/C=C/c2ccc(F)cc2)cc1. The van der Waals surface area contributed by atoms with Crippen LogP contribution in [-0.2, 0) is 30.8 Å². The van der Waals surface area contributed by atoms with E-state index in [4.69, 9.17) is 9.88 Å². The van der Waals surface area contributed by atoms with E-state index in [-0.39, 0.29) is 17.3 Å². The Morgan fingerprint density at radius 3 is 2.32 bits per heavy atom. The van der Waals surface area contributed by atoms with Crippen LogP contribution in [0.3, 0.4) is 0 Å². The van der Waals surface area contributed by atoms with Crippen LogP contribution in [-0.4, -0.2) is 33.4 Å². The fourth-order valence-electron chi connectivity index (χ4n) is 2.17. The first-order valence-electron chi connectivity index (χ1n) is 8.23. The highest BCUT2D eigenvalue weighted by Crippen LogP contribution is 2.09. The number of esters is 1. The minimum absolute atomic E-state index is 0.0147. The summed E-state index contributed by atoms with van der Waals surface area (Å²) in [7, 11) is -3.73. The van der Waals surface area contributed by atoms with Crippen LogP contribution < -0.4 is 10.5 Å². The monoisotopic (exact) mass is 406 g/mol. The van der Waals surface area contributed by atoms with Gasteiger partial charge >= 0.3 is 5.97 Å². The summed E-state index contributed by atoms with van der Waals surface area (Å²) < 4.78 is 39.9. The van der Waals surface area contributed by atoms with Crippen molar-refractivity contribution in [2.24, 2.45) is 5.14 Å². The number of hydrogen-bond acceptors (Lipinski definition) is 5. The Kier molecular flexibility index (Phi) is 7.42. The molecule has 0 aromatic heterocycles. The minimum Gasteiger partial charge on any atom is -0.452 e. The molecule has 0 radical (unpaired) electrons. The molecule has 148 valence electrons. The van der Waals surface area contributed by atoms with Crippen LogP contribution >= 0.6 is 0 Å². The van der Waals surface area contributed by atoms with Crippen LogP contribution in [0.4, 0.5) is 4.39 Å². The molecule has 2 aromatic rings. The molecule has 0 heterocycles. The van der Waals surface area contributed by atoms with Gasteiger partial charge in [-0.1, -0.05) is 24.3 Å². The Hall–Kier alpha value is -3.04. The maximum Gasteiger partial charge on any atom is 0.331 e. The topological polar surface area (TPSA) is 116 Å². The second-order valence-corrected chi connectivity index (χ2v) is 7.34. The number of benzene rings is 2. The fourth-order valence-corrected chi connectivity index (χ4v) is 2.68. The maximum absolute atomic E-state index is 12.8. The van der Waals surface area contributed by atoms with Crippen molar-refractivity contribution in [1.82, 2.24) is 5.32 Å². The zero-order valence-corrected chi connectivity index (χ0v) is 15.6. The first-order chi connectivity index (χ1) is 13.2. The maximum atomic E-state index is 12.8. The van der Waals surface area contributed by atoms with Crippen LogP contribution in [0, 0.1) is 5.82 Å². The molecule has 3 N–H and O–H groups in total. The van der Waals surface area contributed by atoms with Gasteiger partial charge in [-0.3, -0.25) is 4.79 Å². The third-order valence-corrected chi connectivity index (χ3v) is 4.54. The quantitative estimate of drug-likeness (QED) is 0.508. The molecule has 0 saturated heterocycles. The average molecular weight is 406 g/mol. The summed E-state index contributed by atoms with van der Waals surface area (Å²) in [6.45, 7) is -0.145. The predicted molar refractivity (Wildman–Crippen MR) is 101 cm³/mol. The molecule has 0 aliphatic rings. The number of halogens is 1. The molecule has 0 fully saturated rings. The first kappa shape index (κ1) is 21.3. The lowest BCUT2D eigenvalue weighted by molar-refractivity contribution is -0.143. The molecule has 2 rings (SSSR count). The molecule has 0 spiro atoms. The molecular weight excluding hydrogens is 387 g/mol. The Labute approximate surface area is 162 Å². The van der Waals surface area contributed by atoms with Gasteiger partial charge in [-0.05, 0) is 47.9 Å². The number of nitrogens with two attached hydrogens (primary N) is 1. The zero-order valence-electron chi connectivity index (χ0n) is 14.8. The summed E-state index contributed by atoms with van der Waals surface area (Å²) >= 11 is 0. The lowest BCUT2D eigenvalue weighted by Crippen LogP contribution is -2.30. The Morgan fingerprint density at radius 2 is 1.71 bits per heavy atom. The van der Waals surface area contributed by atoms with Crippen molar-refractivity contribution >= 4 is 28.0 Å². The number of carbonyl (C=O) groups excluding carboxylic acids is 2. The molecule has 0 atom stereocenters. The number of sulfonamides is 1. The smallest absolute Gasteiger partial charge is 0.331 e. The molecular formula is C19H19FN2O5S. The molecule has 1 amide bonds. The normalized spacial score (nSPS) is 11.4. The summed E-state index contributed by atoms with van der Waals surface area (Å²) in [4.78, 5) is 23.3. The predicted octanol–water partition coefficient (Wildman–Crippen LogP) is 1.39. The van der Waals surface area contributed by atoms with Gasteiger partial charge in [0, 0.05) is 12.6 Å². The van der Waals surface area contributed by atoms with E-state index >= 15 is 0 Å². The van der Waals surface area contributed by atoms with Gasteiger partial charge in [-0.25, -0.2) is 22.7 Å². The zero-order chi connectivity index (χ0) is 20.6. The van der Waals surface area contributed by atoms with Crippen molar-refractivity contribution in [3.63, 3.8) is 0 Å². The fraction of sp³-hybridized carbons (Fsp3) is 0.158. The van der Waals surface area contributed by atoms with Gasteiger partial charge in [0.05, 0.1) is 4.90 Å². The van der Waals surface area contributed by atoms with Crippen molar-refractivity contribution < 1.29 is 27.1 Å². The number of rotatable bonds is 8. The van der Waals surface area contributed by atoms with Gasteiger partial charge in [0.1, 0.15) is 5.82 Å². The molecule has 0 unspecified atom stereocenters. The molecule has 28 heavy (non-hydrogen) atoms. The van der Waals surface area contributed by atoms with E-state index in [1.165, 1.54) is 42.5 Å². The van der Waals surface area contributed by atoms with Gasteiger partial charge in [-0.2, -0.15) is 0 Å². The van der Waals surface area contributed by atoms with Crippen molar-refractivity contribution in [3.05, 3.63) is 71.6 Å². The lowest BCUT2D eigenvalue weighted by Gasteiger charge is -2.06. The standard InChI is InChI=1S/C19H19FN2O5S/c20-16-6-1-14(2-7-16)5-10-19(24)27-13-18(23)22-12-11-15-3-8-17(9-4-15)28(21,25)26/h1-10H,11-13H2,(H,22,23)(H2,21,25,26)/b10-5+. The molecule has 0 aliphatic carbocycles. The summed E-state index contributed by atoms with van der Waals surface area (Å²) in [6, 6.07) is 11.5. The van der Waals surface area contributed by atoms with Crippen molar-refractivity contribution in [3.8, 4) is 0 Å². The van der Waals surface area contributed by atoms with E-state index in [2.05, 4.69) is 5.32 Å².